The van der Waals surface area contributed by atoms with Gasteiger partial charge in [0.1, 0.15) is 12.3 Å². The smallest absolute Gasteiger partial charge is 0.355 e. The highest BCUT2D eigenvalue weighted by molar-refractivity contribution is 8.14. The third-order valence-electron chi connectivity index (χ3n) is 8.53. The van der Waals surface area contributed by atoms with Crippen LogP contribution in [0.2, 0.25) is 0 Å². The quantitative estimate of drug-likeness (QED) is 0.147. The van der Waals surface area contributed by atoms with Gasteiger partial charge in [0, 0.05) is 29.9 Å². The summed E-state index contributed by atoms with van der Waals surface area (Å²) in [4.78, 5) is 73.3. The number of hydrogen-bond donors (Lipinski definition) is 1. The van der Waals surface area contributed by atoms with E-state index in [0.29, 0.717) is 33.0 Å². The predicted octanol–water partition coefficient (Wildman–Crippen LogP) is 5.51. The third-order valence-corrected chi connectivity index (χ3v) is 9.57. The molecule has 2 heterocycles. The van der Waals surface area contributed by atoms with Crippen molar-refractivity contribution in [3.05, 3.63) is 99.9 Å². The van der Waals surface area contributed by atoms with E-state index in [2.05, 4.69) is 4.98 Å². The van der Waals surface area contributed by atoms with Crippen LogP contribution in [0, 0.1) is 0 Å². The van der Waals surface area contributed by atoms with Gasteiger partial charge in [0.15, 0.2) is 0 Å². The van der Waals surface area contributed by atoms with Gasteiger partial charge in [-0.3, -0.25) is 24.2 Å². The van der Waals surface area contributed by atoms with Crippen molar-refractivity contribution in [3.63, 3.8) is 0 Å². The Hall–Kier alpha value is -5.17. The zero-order valence-corrected chi connectivity index (χ0v) is 30.2. The van der Waals surface area contributed by atoms with Gasteiger partial charge in [0.25, 0.3) is 0 Å². The first kappa shape index (κ1) is 38.6. The van der Waals surface area contributed by atoms with Crippen molar-refractivity contribution in [1.29, 1.82) is 0 Å². The van der Waals surface area contributed by atoms with Crippen molar-refractivity contribution in [3.8, 4) is 0 Å². The number of aliphatic imine (C=N–C) groups is 1. The molecule has 2 aromatic carbocycles. The predicted molar refractivity (Wildman–Crippen MR) is 189 cm³/mol. The Bertz CT molecular complexity index is 1800. The molecule has 1 unspecified atom stereocenters. The fourth-order valence-corrected chi connectivity index (χ4v) is 6.99. The number of methoxy groups -OCH3 is 4. The first-order chi connectivity index (χ1) is 24.5. The number of carbonyl (C=O) groups is 5. The topological polar surface area (TPSA) is 160 Å². The van der Waals surface area contributed by atoms with Crippen molar-refractivity contribution in [2.45, 2.75) is 68.9 Å². The van der Waals surface area contributed by atoms with E-state index in [4.69, 9.17) is 28.7 Å². The van der Waals surface area contributed by atoms with Gasteiger partial charge in [0.05, 0.1) is 51.9 Å². The first-order valence-electron chi connectivity index (χ1n) is 16.3. The second-order valence-corrected chi connectivity index (χ2v) is 13.0. The van der Waals surface area contributed by atoms with Crippen molar-refractivity contribution < 1.29 is 47.7 Å². The number of benzene rings is 2. The molecule has 0 bridgehead atoms. The van der Waals surface area contributed by atoms with Crippen LogP contribution < -0.4 is 0 Å². The Morgan fingerprint density at radius 3 is 1.90 bits per heavy atom. The number of aromatic amines is 1. The molecule has 0 saturated carbocycles. The van der Waals surface area contributed by atoms with E-state index in [-0.39, 0.29) is 57.2 Å². The molecule has 0 spiro atoms. The lowest BCUT2D eigenvalue weighted by Crippen LogP contribution is -2.29. The minimum Gasteiger partial charge on any atom is -0.469 e. The maximum atomic E-state index is 13.7. The number of esters is 5. The number of hydrogen-bond acceptors (Lipinski definition) is 12. The summed E-state index contributed by atoms with van der Waals surface area (Å²) >= 11 is 1.40. The standard InChI is InChI=1S/C38H42N2O10S/c1-38(29(21-34(44)49-5)27(17-19-32(42)47-3)36(40-38)51-25-14-10-7-11-15-25)22-30-28(20-33(43)48-4)26(16-18-31(41)46-2)35(39-30)37(45)50-23-24-12-8-6-9-13-24/h6-15,39H,16-23H2,1-5H3. The zero-order valence-electron chi connectivity index (χ0n) is 29.4. The van der Waals surface area contributed by atoms with Gasteiger partial charge in [0.2, 0.25) is 0 Å². The average molecular weight is 719 g/mol. The number of carbonyl (C=O) groups excluding carboxylic acids is 5. The average Bonchev–Trinajstić information content (AvgIpc) is 3.60. The monoisotopic (exact) mass is 718 g/mol. The van der Waals surface area contributed by atoms with E-state index in [1.165, 1.54) is 40.2 Å². The van der Waals surface area contributed by atoms with Crippen LogP contribution in [0.3, 0.4) is 0 Å². The molecule has 0 aliphatic carbocycles. The maximum absolute atomic E-state index is 13.7. The van der Waals surface area contributed by atoms with E-state index >= 15 is 0 Å². The van der Waals surface area contributed by atoms with Crippen molar-refractivity contribution in [1.82, 2.24) is 4.98 Å². The molecule has 3 aromatic rings. The molecule has 1 atom stereocenters. The Labute approximate surface area is 300 Å². The van der Waals surface area contributed by atoms with E-state index < -0.39 is 35.4 Å². The molecule has 4 rings (SSSR count). The number of rotatable bonds is 16. The summed E-state index contributed by atoms with van der Waals surface area (Å²) in [5, 5.41) is 0.612. The van der Waals surface area contributed by atoms with Crippen molar-refractivity contribution in [2.75, 3.05) is 28.4 Å². The lowest BCUT2D eigenvalue weighted by Gasteiger charge is -2.26. The highest BCUT2D eigenvalue weighted by atomic mass is 32.2. The summed E-state index contributed by atoms with van der Waals surface area (Å²) in [6.07, 6.45) is 0.0422. The van der Waals surface area contributed by atoms with Crippen LogP contribution in [0.25, 0.3) is 0 Å². The van der Waals surface area contributed by atoms with Crippen molar-refractivity contribution >= 4 is 46.7 Å². The zero-order chi connectivity index (χ0) is 37.0. The third kappa shape index (κ3) is 10.2. The minimum absolute atomic E-state index is 0.00551. The molecular formula is C38H42N2O10S. The minimum atomic E-state index is -1.10. The van der Waals surface area contributed by atoms with Gasteiger partial charge in [-0.15, -0.1) is 0 Å². The maximum Gasteiger partial charge on any atom is 0.355 e. The highest BCUT2D eigenvalue weighted by Crippen LogP contribution is 2.44. The number of H-pyrrole nitrogens is 1. The molecule has 13 heteroatoms. The molecule has 270 valence electrons. The Balaban J connectivity index is 1.85. The molecule has 0 fully saturated rings. The molecule has 1 N–H and O–H groups in total. The molecule has 1 aliphatic rings. The van der Waals surface area contributed by atoms with E-state index in [0.717, 1.165) is 10.5 Å². The van der Waals surface area contributed by atoms with Crippen LogP contribution in [0.4, 0.5) is 0 Å². The van der Waals surface area contributed by atoms with Crippen molar-refractivity contribution in [2.24, 2.45) is 4.99 Å². The normalized spacial score (nSPS) is 15.2. The fourth-order valence-electron chi connectivity index (χ4n) is 5.88. The molecule has 12 nitrogen and oxygen atoms in total. The van der Waals surface area contributed by atoms with Gasteiger partial charge in [-0.2, -0.15) is 0 Å². The van der Waals surface area contributed by atoms with Gasteiger partial charge < -0.3 is 28.7 Å². The van der Waals surface area contributed by atoms with Gasteiger partial charge >= 0.3 is 29.8 Å². The number of nitrogens with zero attached hydrogens (tertiary/aromatic N) is 1. The number of nitrogens with one attached hydrogen (secondary N) is 1. The molecule has 1 aliphatic heterocycles. The van der Waals surface area contributed by atoms with Crippen LogP contribution >= 0.6 is 11.8 Å². The number of ether oxygens (including phenoxy) is 5. The second kappa shape index (κ2) is 18.2. The van der Waals surface area contributed by atoms with E-state index in [1.807, 2.05) is 67.6 Å². The molecule has 0 amide bonds. The van der Waals surface area contributed by atoms with Gasteiger partial charge in [-0.1, -0.05) is 60.3 Å². The Morgan fingerprint density at radius 2 is 1.29 bits per heavy atom. The number of aromatic nitrogens is 1. The Kier molecular flexibility index (Phi) is 13.8. The lowest BCUT2D eigenvalue weighted by molar-refractivity contribution is -0.141. The number of thioether (sulfide) groups is 1. The lowest BCUT2D eigenvalue weighted by atomic mass is 9.83. The van der Waals surface area contributed by atoms with Crippen LogP contribution in [0.15, 0.2) is 81.7 Å². The molecule has 51 heavy (non-hydrogen) atoms. The second-order valence-electron chi connectivity index (χ2n) is 11.9. The highest BCUT2D eigenvalue weighted by Gasteiger charge is 2.41. The Morgan fingerprint density at radius 1 is 0.725 bits per heavy atom. The summed E-state index contributed by atoms with van der Waals surface area (Å²) in [5.74, 6) is -2.67. The summed E-state index contributed by atoms with van der Waals surface area (Å²) in [7, 11) is 5.14. The van der Waals surface area contributed by atoms with Crippen LogP contribution in [0.1, 0.15) is 65.5 Å². The summed E-state index contributed by atoms with van der Waals surface area (Å²) in [6, 6.07) is 18.7. The fraction of sp³-hybridized carbons (Fsp3) is 0.368. The van der Waals surface area contributed by atoms with Crippen LogP contribution in [-0.2, 0) is 68.7 Å². The molecule has 0 saturated heterocycles. The van der Waals surface area contributed by atoms with E-state index in [1.54, 1.807) is 0 Å². The largest absolute Gasteiger partial charge is 0.469 e. The van der Waals surface area contributed by atoms with Gasteiger partial charge in [-0.25, -0.2) is 4.79 Å². The SMILES string of the molecule is COC(=O)CCC1=C(CC(=O)OC)C(C)(Cc2[nH]c(C(=O)OCc3ccccc3)c(CCC(=O)OC)c2CC(=O)OC)N=C1Sc1ccccc1. The van der Waals surface area contributed by atoms with Gasteiger partial charge in [-0.05, 0) is 59.7 Å². The molecule has 0 radical (unpaired) electrons. The van der Waals surface area contributed by atoms with E-state index in [9.17, 15) is 24.0 Å². The summed E-state index contributed by atoms with van der Waals surface area (Å²) < 4.78 is 25.6. The molecular weight excluding hydrogens is 676 g/mol. The van der Waals surface area contributed by atoms with Crippen LogP contribution in [-0.4, -0.2) is 73.9 Å². The molecule has 1 aromatic heterocycles. The summed E-state index contributed by atoms with van der Waals surface area (Å²) in [6.45, 7) is 1.85. The summed E-state index contributed by atoms with van der Waals surface area (Å²) in [5.41, 5.74) is 2.42. The first-order valence-corrected chi connectivity index (χ1v) is 17.1. The van der Waals surface area contributed by atoms with Crippen LogP contribution in [0.5, 0.6) is 0 Å².